The number of fused-ring (bicyclic) bond motifs is 1. The van der Waals surface area contributed by atoms with Crippen LogP contribution in [-0.2, 0) is 24.2 Å². The molecule has 0 radical (unpaired) electrons. The van der Waals surface area contributed by atoms with E-state index in [0.717, 1.165) is 46.9 Å². The van der Waals surface area contributed by atoms with E-state index in [1.54, 1.807) is 19.2 Å². The molecular formula is C27H28ClN3O3. The number of methoxy groups -OCH3 is 1. The van der Waals surface area contributed by atoms with E-state index < -0.39 is 0 Å². The van der Waals surface area contributed by atoms with Crippen molar-refractivity contribution < 1.29 is 14.3 Å². The summed E-state index contributed by atoms with van der Waals surface area (Å²) in [6.45, 7) is 1.90. The number of para-hydroxylation sites is 2. The lowest BCUT2D eigenvalue weighted by atomic mass is 10.1. The number of nitrogens with zero attached hydrogens (tertiary/aromatic N) is 2. The average molecular weight is 478 g/mol. The van der Waals surface area contributed by atoms with Gasteiger partial charge in [-0.1, -0.05) is 35.9 Å². The number of benzene rings is 3. The van der Waals surface area contributed by atoms with Gasteiger partial charge in [0, 0.05) is 24.5 Å². The Morgan fingerprint density at radius 2 is 1.74 bits per heavy atom. The maximum atomic E-state index is 12.3. The molecule has 0 aliphatic carbocycles. The van der Waals surface area contributed by atoms with Gasteiger partial charge in [-0.2, -0.15) is 0 Å². The number of imidazole rings is 1. The Hall–Kier alpha value is -3.51. The van der Waals surface area contributed by atoms with E-state index in [2.05, 4.69) is 16.0 Å². The lowest BCUT2D eigenvalue weighted by molar-refractivity contribution is -0.120. The first kappa shape index (κ1) is 23.6. The highest BCUT2D eigenvalue weighted by Crippen LogP contribution is 2.19. The van der Waals surface area contributed by atoms with Crippen molar-refractivity contribution >= 4 is 28.5 Å². The molecule has 7 heteroatoms. The van der Waals surface area contributed by atoms with E-state index in [0.29, 0.717) is 31.0 Å². The van der Waals surface area contributed by atoms with Crippen molar-refractivity contribution in [3.05, 3.63) is 89.2 Å². The number of halogens is 1. The average Bonchev–Trinajstić information content (AvgIpc) is 3.21. The van der Waals surface area contributed by atoms with Crippen LogP contribution >= 0.6 is 11.6 Å². The summed E-state index contributed by atoms with van der Waals surface area (Å²) in [6.07, 6.45) is 1.82. The van der Waals surface area contributed by atoms with Gasteiger partial charge >= 0.3 is 0 Å². The fourth-order valence-corrected chi connectivity index (χ4v) is 3.94. The quantitative estimate of drug-likeness (QED) is 0.306. The van der Waals surface area contributed by atoms with Crippen LogP contribution in [0.3, 0.4) is 0 Å². The first-order chi connectivity index (χ1) is 16.6. The molecule has 1 N–H and O–H groups in total. The zero-order valence-electron chi connectivity index (χ0n) is 19.2. The zero-order chi connectivity index (χ0) is 23.8. The van der Waals surface area contributed by atoms with Gasteiger partial charge in [-0.05, 0) is 60.5 Å². The van der Waals surface area contributed by atoms with Crippen molar-refractivity contribution in [3.63, 3.8) is 0 Å². The fourth-order valence-electron chi connectivity index (χ4n) is 3.81. The molecule has 0 aliphatic heterocycles. The largest absolute Gasteiger partial charge is 0.497 e. The Balaban J connectivity index is 1.32. The van der Waals surface area contributed by atoms with Crippen molar-refractivity contribution in [2.75, 3.05) is 20.3 Å². The maximum absolute atomic E-state index is 12.3. The second kappa shape index (κ2) is 11.6. The molecule has 3 aromatic carbocycles. The summed E-state index contributed by atoms with van der Waals surface area (Å²) in [5.74, 6) is 2.57. The van der Waals surface area contributed by atoms with Crippen LogP contribution in [0.4, 0.5) is 0 Å². The van der Waals surface area contributed by atoms with Crippen molar-refractivity contribution in [1.82, 2.24) is 14.9 Å². The minimum atomic E-state index is -0.0159. The predicted molar refractivity (Wildman–Crippen MR) is 135 cm³/mol. The number of nitrogens with one attached hydrogen (secondary N) is 1. The molecule has 0 fully saturated rings. The Labute approximate surface area is 204 Å². The minimum Gasteiger partial charge on any atom is -0.497 e. The number of ether oxygens (including phenoxy) is 2. The first-order valence-electron chi connectivity index (χ1n) is 11.3. The Morgan fingerprint density at radius 3 is 2.50 bits per heavy atom. The van der Waals surface area contributed by atoms with Crippen LogP contribution in [0.15, 0.2) is 72.8 Å². The fraction of sp³-hybridized carbons (Fsp3) is 0.259. The zero-order valence-corrected chi connectivity index (χ0v) is 19.9. The van der Waals surface area contributed by atoms with Crippen LogP contribution in [0.1, 0.15) is 17.8 Å². The Bertz CT molecular complexity index is 1220. The molecule has 0 unspecified atom stereocenters. The summed E-state index contributed by atoms with van der Waals surface area (Å²) in [4.78, 5) is 17.1. The van der Waals surface area contributed by atoms with Gasteiger partial charge in [0.05, 0.1) is 31.2 Å². The molecule has 0 aliphatic rings. The number of amides is 1. The topological polar surface area (TPSA) is 65.4 Å². The summed E-state index contributed by atoms with van der Waals surface area (Å²) in [6, 6.07) is 23.0. The maximum Gasteiger partial charge on any atom is 0.224 e. The van der Waals surface area contributed by atoms with Crippen molar-refractivity contribution in [2.24, 2.45) is 0 Å². The van der Waals surface area contributed by atoms with E-state index in [4.69, 9.17) is 26.1 Å². The van der Waals surface area contributed by atoms with Crippen LogP contribution < -0.4 is 14.8 Å². The van der Waals surface area contributed by atoms with E-state index in [9.17, 15) is 4.79 Å². The molecule has 1 heterocycles. The highest BCUT2D eigenvalue weighted by molar-refractivity contribution is 6.30. The minimum absolute atomic E-state index is 0.0159. The van der Waals surface area contributed by atoms with Crippen LogP contribution in [0.5, 0.6) is 11.5 Å². The summed E-state index contributed by atoms with van der Waals surface area (Å²) >= 11 is 5.91. The number of carbonyl (C=O) groups excluding carboxylic acids is 1. The molecule has 6 nitrogen and oxygen atoms in total. The highest BCUT2D eigenvalue weighted by atomic mass is 35.5. The smallest absolute Gasteiger partial charge is 0.224 e. The van der Waals surface area contributed by atoms with Gasteiger partial charge in [0.2, 0.25) is 5.91 Å². The van der Waals surface area contributed by atoms with Gasteiger partial charge in [-0.3, -0.25) is 4.79 Å². The van der Waals surface area contributed by atoms with Crippen LogP contribution in [0.2, 0.25) is 5.02 Å². The number of aryl methyl sites for hydroxylation is 1. The number of carbonyl (C=O) groups is 1. The molecule has 4 rings (SSSR count). The lowest BCUT2D eigenvalue weighted by Gasteiger charge is -2.11. The van der Waals surface area contributed by atoms with Gasteiger partial charge < -0.3 is 19.4 Å². The normalized spacial score (nSPS) is 10.9. The molecule has 176 valence electrons. The van der Waals surface area contributed by atoms with E-state index >= 15 is 0 Å². The Kier molecular flexibility index (Phi) is 8.04. The van der Waals surface area contributed by atoms with Gasteiger partial charge in [-0.25, -0.2) is 4.98 Å². The Morgan fingerprint density at radius 1 is 1.00 bits per heavy atom. The summed E-state index contributed by atoms with van der Waals surface area (Å²) in [5, 5.41) is 3.67. The monoisotopic (exact) mass is 477 g/mol. The van der Waals surface area contributed by atoms with Crippen molar-refractivity contribution in [2.45, 2.75) is 25.8 Å². The van der Waals surface area contributed by atoms with E-state index in [-0.39, 0.29) is 5.91 Å². The van der Waals surface area contributed by atoms with Crippen LogP contribution in [-0.4, -0.2) is 35.7 Å². The van der Waals surface area contributed by atoms with E-state index in [1.807, 2.05) is 54.6 Å². The molecule has 34 heavy (non-hydrogen) atoms. The third-order valence-electron chi connectivity index (χ3n) is 5.54. The van der Waals surface area contributed by atoms with Crippen LogP contribution in [0.25, 0.3) is 11.0 Å². The molecule has 0 saturated heterocycles. The highest BCUT2D eigenvalue weighted by Gasteiger charge is 2.11. The second-order valence-electron chi connectivity index (χ2n) is 7.95. The third-order valence-corrected chi connectivity index (χ3v) is 5.79. The van der Waals surface area contributed by atoms with Crippen molar-refractivity contribution in [1.29, 1.82) is 0 Å². The van der Waals surface area contributed by atoms with Crippen molar-refractivity contribution in [3.8, 4) is 11.5 Å². The summed E-state index contributed by atoms with van der Waals surface area (Å²) in [7, 11) is 1.65. The van der Waals surface area contributed by atoms with Gasteiger partial charge in [0.1, 0.15) is 17.3 Å². The summed E-state index contributed by atoms with van der Waals surface area (Å²) in [5.41, 5.74) is 2.99. The van der Waals surface area contributed by atoms with Gasteiger partial charge in [0.25, 0.3) is 0 Å². The molecule has 0 saturated carbocycles. The lowest BCUT2D eigenvalue weighted by Crippen LogP contribution is -2.28. The molecule has 1 amide bonds. The molecule has 0 atom stereocenters. The number of rotatable bonds is 11. The molecule has 1 aromatic heterocycles. The van der Waals surface area contributed by atoms with E-state index in [1.165, 1.54) is 0 Å². The molecule has 0 spiro atoms. The predicted octanol–water partition coefficient (Wildman–Crippen LogP) is 5.07. The standard InChI is InChI=1S/C27H28ClN3O3/c1-33-22-11-13-23(14-12-22)34-18-4-17-31-25-6-3-2-5-24(25)30-26(31)15-16-29-27(32)19-20-7-9-21(28)10-8-20/h2-3,5-14H,4,15-19H2,1H3,(H,29,32). The number of hydrogen-bond donors (Lipinski definition) is 1. The number of aromatic nitrogens is 2. The summed E-state index contributed by atoms with van der Waals surface area (Å²) < 4.78 is 13.3. The number of hydrogen-bond acceptors (Lipinski definition) is 4. The molecule has 4 aromatic rings. The second-order valence-corrected chi connectivity index (χ2v) is 8.39. The first-order valence-corrected chi connectivity index (χ1v) is 11.7. The third kappa shape index (κ3) is 6.29. The SMILES string of the molecule is COc1ccc(OCCCn2c(CCNC(=O)Cc3ccc(Cl)cc3)nc3ccccc32)cc1. The molecular weight excluding hydrogens is 450 g/mol. The van der Waals surface area contributed by atoms with Gasteiger partial charge in [0.15, 0.2) is 0 Å². The molecule has 0 bridgehead atoms. The van der Waals surface area contributed by atoms with Crippen LogP contribution in [0, 0.1) is 0 Å². The van der Waals surface area contributed by atoms with Gasteiger partial charge in [-0.15, -0.1) is 0 Å².